The number of rotatable bonds is 5. The maximum Gasteiger partial charge on any atom is 0.264 e. The third-order valence-electron chi connectivity index (χ3n) is 5.12. The molecule has 0 aliphatic carbocycles. The molecule has 1 saturated heterocycles. The van der Waals surface area contributed by atoms with E-state index in [4.69, 9.17) is 10.5 Å². The summed E-state index contributed by atoms with van der Waals surface area (Å²) in [6.45, 7) is 3.99. The smallest absolute Gasteiger partial charge is 0.264 e. The van der Waals surface area contributed by atoms with Gasteiger partial charge in [-0.25, -0.2) is 4.99 Å². The van der Waals surface area contributed by atoms with Crippen molar-refractivity contribution < 1.29 is 14.3 Å². The van der Waals surface area contributed by atoms with Crippen LogP contribution in [0.4, 0.5) is 5.69 Å². The fraction of sp³-hybridized carbons (Fsp3) is 0.125. The number of primary amides is 1. The topological polar surface area (TPSA) is 98.7 Å². The number of methoxy groups -OCH3 is 1. The molecule has 8 heteroatoms. The van der Waals surface area contributed by atoms with Crippen LogP contribution in [0.15, 0.2) is 64.5 Å². The number of nitrogens with zero attached hydrogens (tertiary/aromatic N) is 2. The van der Waals surface area contributed by atoms with Gasteiger partial charge < -0.3 is 20.4 Å². The van der Waals surface area contributed by atoms with Crippen LogP contribution in [0, 0.1) is 13.8 Å². The van der Waals surface area contributed by atoms with Crippen molar-refractivity contribution in [1.29, 1.82) is 0 Å². The summed E-state index contributed by atoms with van der Waals surface area (Å²) >= 11 is 1.30. The average molecular weight is 447 g/mol. The summed E-state index contributed by atoms with van der Waals surface area (Å²) in [5, 5.41) is 3.34. The predicted molar refractivity (Wildman–Crippen MR) is 128 cm³/mol. The van der Waals surface area contributed by atoms with Gasteiger partial charge in [0.15, 0.2) is 5.17 Å². The van der Waals surface area contributed by atoms with Gasteiger partial charge in [0.25, 0.3) is 5.91 Å². The number of hydrogen-bond acceptors (Lipinski definition) is 5. The zero-order chi connectivity index (χ0) is 22.8. The van der Waals surface area contributed by atoms with Crippen LogP contribution in [0.2, 0.25) is 0 Å². The minimum absolute atomic E-state index is 0.183. The lowest BCUT2D eigenvalue weighted by molar-refractivity contribution is -0.115. The summed E-state index contributed by atoms with van der Waals surface area (Å²) in [6, 6.07) is 16.4. The van der Waals surface area contributed by atoms with Gasteiger partial charge >= 0.3 is 0 Å². The highest BCUT2D eigenvalue weighted by Gasteiger charge is 2.24. The number of benzene rings is 2. The first-order valence-corrected chi connectivity index (χ1v) is 10.7. The Morgan fingerprint density at radius 2 is 1.81 bits per heavy atom. The molecule has 0 atom stereocenters. The first kappa shape index (κ1) is 21.5. The van der Waals surface area contributed by atoms with Gasteiger partial charge in [0, 0.05) is 22.6 Å². The van der Waals surface area contributed by atoms with Crippen LogP contribution < -0.4 is 15.8 Å². The van der Waals surface area contributed by atoms with E-state index in [2.05, 4.69) is 14.9 Å². The first-order chi connectivity index (χ1) is 15.4. The second-order valence-corrected chi connectivity index (χ2v) is 8.28. The fourth-order valence-electron chi connectivity index (χ4n) is 3.50. The van der Waals surface area contributed by atoms with E-state index < -0.39 is 5.91 Å². The molecule has 1 aromatic heterocycles. The van der Waals surface area contributed by atoms with E-state index in [0.717, 1.165) is 34.1 Å². The van der Waals surface area contributed by atoms with Crippen molar-refractivity contribution in [2.75, 3.05) is 7.11 Å². The fourth-order valence-corrected chi connectivity index (χ4v) is 4.33. The number of amidine groups is 1. The second-order valence-electron chi connectivity index (χ2n) is 7.25. The van der Waals surface area contributed by atoms with Crippen molar-refractivity contribution in [3.05, 3.63) is 82.0 Å². The maximum absolute atomic E-state index is 12.5. The molecule has 0 saturated carbocycles. The van der Waals surface area contributed by atoms with Gasteiger partial charge in [0.2, 0.25) is 5.91 Å². The lowest BCUT2D eigenvalue weighted by Gasteiger charge is -2.10. The predicted octanol–water partition coefficient (Wildman–Crippen LogP) is 4.09. The van der Waals surface area contributed by atoms with Gasteiger partial charge in [-0.3, -0.25) is 9.59 Å². The van der Waals surface area contributed by atoms with Gasteiger partial charge in [0.1, 0.15) is 5.75 Å². The highest BCUT2D eigenvalue weighted by atomic mass is 32.2. The number of thioether (sulfide) groups is 1. The van der Waals surface area contributed by atoms with Crippen molar-refractivity contribution in [1.82, 2.24) is 9.88 Å². The molecular weight excluding hydrogens is 424 g/mol. The molecular formula is C24H22N4O3S. The number of aryl methyl sites for hydroxylation is 1. The number of hydrogen-bond donors (Lipinski definition) is 2. The maximum atomic E-state index is 12.5. The second kappa shape index (κ2) is 8.76. The van der Waals surface area contributed by atoms with Crippen LogP contribution in [0.3, 0.4) is 0 Å². The van der Waals surface area contributed by atoms with E-state index in [1.807, 2.05) is 62.4 Å². The zero-order valence-electron chi connectivity index (χ0n) is 17.9. The van der Waals surface area contributed by atoms with Gasteiger partial charge in [0.05, 0.1) is 17.7 Å². The van der Waals surface area contributed by atoms with E-state index in [1.54, 1.807) is 19.2 Å². The lowest BCUT2D eigenvalue weighted by atomic mass is 10.2. The summed E-state index contributed by atoms with van der Waals surface area (Å²) < 4.78 is 7.23. The van der Waals surface area contributed by atoms with Gasteiger partial charge in [-0.2, -0.15) is 0 Å². The molecule has 2 amide bonds. The molecule has 1 aliphatic rings. The van der Waals surface area contributed by atoms with Crippen LogP contribution >= 0.6 is 11.8 Å². The third kappa shape index (κ3) is 4.31. The van der Waals surface area contributed by atoms with Crippen LogP contribution in [-0.4, -0.2) is 28.7 Å². The number of nitrogens with two attached hydrogens (primary N) is 1. The third-order valence-corrected chi connectivity index (χ3v) is 6.03. The molecule has 32 heavy (non-hydrogen) atoms. The normalized spacial score (nSPS) is 15.9. The Labute approximate surface area is 190 Å². The van der Waals surface area contributed by atoms with Crippen LogP contribution in [0.1, 0.15) is 27.3 Å². The van der Waals surface area contributed by atoms with E-state index in [1.165, 1.54) is 11.8 Å². The van der Waals surface area contributed by atoms with Gasteiger partial charge in [-0.15, -0.1) is 0 Å². The standard InChI is InChI=1S/C24H22N4O3S/c1-14-12-17(15(2)28(14)19-8-4-16(5-9-19)22(25)29)13-21-23(30)27-24(32-21)26-18-6-10-20(31-3)11-7-18/h4-13H,1-3H3,(H2,25,29)(H,26,27,30)/b21-13+. The molecule has 2 aromatic carbocycles. The molecule has 1 fully saturated rings. The molecule has 4 rings (SSSR count). The zero-order valence-corrected chi connectivity index (χ0v) is 18.7. The first-order valence-electron chi connectivity index (χ1n) is 9.88. The van der Waals surface area contributed by atoms with E-state index >= 15 is 0 Å². The Balaban J connectivity index is 1.60. The molecule has 3 N–H and O–H groups in total. The van der Waals surface area contributed by atoms with Gasteiger partial charge in [-0.1, -0.05) is 0 Å². The van der Waals surface area contributed by atoms with Crippen molar-refractivity contribution in [3.8, 4) is 11.4 Å². The molecule has 3 aromatic rings. The van der Waals surface area contributed by atoms with Gasteiger partial charge in [-0.05, 0) is 91.8 Å². The summed E-state index contributed by atoms with van der Waals surface area (Å²) in [4.78, 5) is 28.9. The van der Waals surface area contributed by atoms with E-state index in [0.29, 0.717) is 15.6 Å². The molecule has 0 radical (unpaired) electrons. The summed E-state index contributed by atoms with van der Waals surface area (Å²) in [7, 11) is 1.61. The van der Waals surface area contributed by atoms with E-state index in [-0.39, 0.29) is 5.91 Å². The lowest BCUT2D eigenvalue weighted by Crippen LogP contribution is -2.19. The Kier molecular flexibility index (Phi) is 5.87. The number of amides is 2. The largest absolute Gasteiger partial charge is 0.497 e. The molecule has 0 bridgehead atoms. The summed E-state index contributed by atoms with van der Waals surface area (Å²) in [5.74, 6) is 0.106. The Morgan fingerprint density at radius 3 is 2.44 bits per heavy atom. The average Bonchev–Trinajstić information content (AvgIpc) is 3.26. The number of aromatic nitrogens is 1. The Bertz CT molecular complexity index is 1260. The van der Waals surface area contributed by atoms with Crippen molar-refractivity contribution in [2.45, 2.75) is 13.8 Å². The summed E-state index contributed by atoms with van der Waals surface area (Å²) in [5.41, 5.74) is 10.4. The van der Waals surface area contributed by atoms with Crippen molar-refractivity contribution >= 4 is 40.5 Å². The van der Waals surface area contributed by atoms with Crippen molar-refractivity contribution in [3.63, 3.8) is 0 Å². The Hall–Kier alpha value is -3.78. The van der Waals surface area contributed by atoms with E-state index in [9.17, 15) is 9.59 Å². The molecule has 2 heterocycles. The summed E-state index contributed by atoms with van der Waals surface area (Å²) in [6.07, 6.45) is 1.87. The molecule has 0 spiro atoms. The minimum Gasteiger partial charge on any atom is -0.497 e. The SMILES string of the molecule is COc1ccc(N=C2NC(=O)/C(=C\c3cc(C)n(-c4ccc(C(N)=O)cc4)c3C)S2)cc1. The molecule has 1 aliphatic heterocycles. The highest BCUT2D eigenvalue weighted by Crippen LogP contribution is 2.31. The Morgan fingerprint density at radius 1 is 1.12 bits per heavy atom. The van der Waals surface area contributed by atoms with Crippen molar-refractivity contribution in [2.24, 2.45) is 10.7 Å². The number of carbonyl (C=O) groups excluding carboxylic acids is 2. The number of aliphatic imine (C=N–C) groups is 1. The highest BCUT2D eigenvalue weighted by molar-refractivity contribution is 8.18. The monoisotopic (exact) mass is 446 g/mol. The number of ether oxygens (including phenoxy) is 1. The van der Waals surface area contributed by atoms with Crippen LogP contribution in [0.5, 0.6) is 5.75 Å². The molecule has 0 unspecified atom stereocenters. The molecule has 162 valence electrons. The van der Waals surface area contributed by atoms with Crippen LogP contribution in [0.25, 0.3) is 11.8 Å². The minimum atomic E-state index is -0.459. The number of carbonyl (C=O) groups is 2. The number of nitrogens with one attached hydrogen (secondary N) is 1. The van der Waals surface area contributed by atoms with Crippen LogP contribution in [-0.2, 0) is 4.79 Å². The quantitative estimate of drug-likeness (QED) is 0.577. The molecule has 7 nitrogen and oxygen atoms in total.